The minimum absolute atomic E-state index is 0.205. The molecule has 0 spiro atoms. The van der Waals surface area contributed by atoms with Gasteiger partial charge in [0.1, 0.15) is 11.9 Å². The average molecular weight is 270 g/mol. The van der Waals surface area contributed by atoms with Gasteiger partial charge in [-0.1, -0.05) is 36.8 Å². The Morgan fingerprint density at radius 2 is 1.90 bits per heavy atom. The third-order valence-electron chi connectivity index (χ3n) is 3.99. The van der Waals surface area contributed by atoms with Gasteiger partial charge in [-0.25, -0.2) is 0 Å². The molecule has 1 N–H and O–H groups in total. The van der Waals surface area contributed by atoms with E-state index in [1.807, 2.05) is 36.4 Å². The van der Waals surface area contributed by atoms with E-state index >= 15 is 0 Å². The van der Waals surface area contributed by atoms with Gasteiger partial charge >= 0.3 is 0 Å². The molecule has 0 saturated heterocycles. The van der Waals surface area contributed by atoms with E-state index in [-0.39, 0.29) is 6.10 Å². The van der Waals surface area contributed by atoms with Crippen molar-refractivity contribution in [3.8, 4) is 5.75 Å². The molecular weight excluding hydrogens is 252 g/mol. The van der Waals surface area contributed by atoms with E-state index in [0.29, 0.717) is 11.3 Å². The van der Waals surface area contributed by atoms with Gasteiger partial charge < -0.3 is 9.84 Å². The fourth-order valence-electron chi connectivity index (χ4n) is 2.88. The molecule has 3 heteroatoms. The molecule has 0 amide bonds. The number of carbonyl (C=O) groups excluding carboxylic acids is 1. The zero-order valence-electron chi connectivity index (χ0n) is 11.3. The Hall–Kier alpha value is -1.87. The lowest BCUT2D eigenvalue weighted by Crippen LogP contribution is -2.34. The Morgan fingerprint density at radius 1 is 1.10 bits per heavy atom. The van der Waals surface area contributed by atoms with Gasteiger partial charge in [-0.15, -0.1) is 0 Å². The number of hydrogen-bond donors (Lipinski definition) is 1. The van der Waals surface area contributed by atoms with Crippen LogP contribution in [0.15, 0.2) is 36.4 Å². The van der Waals surface area contributed by atoms with E-state index in [1.54, 1.807) is 0 Å². The Labute approximate surface area is 118 Å². The molecule has 2 aromatic carbocycles. The molecule has 1 aliphatic rings. The maximum atomic E-state index is 11.4. The highest BCUT2D eigenvalue weighted by Gasteiger charge is 2.25. The van der Waals surface area contributed by atoms with Gasteiger partial charge in [0.05, 0.1) is 11.7 Å². The van der Waals surface area contributed by atoms with Gasteiger partial charge in [0.15, 0.2) is 6.29 Å². The molecule has 1 saturated carbocycles. The number of aliphatic hydroxyl groups is 1. The normalized spacial score (nSPS) is 22.6. The molecule has 2 aromatic rings. The van der Waals surface area contributed by atoms with Gasteiger partial charge in [0.25, 0.3) is 0 Å². The zero-order valence-corrected chi connectivity index (χ0v) is 11.3. The van der Waals surface area contributed by atoms with Crippen molar-refractivity contribution in [3.05, 3.63) is 42.0 Å². The van der Waals surface area contributed by atoms with Gasteiger partial charge in [0, 0.05) is 0 Å². The van der Waals surface area contributed by atoms with Crippen molar-refractivity contribution in [2.75, 3.05) is 0 Å². The highest BCUT2D eigenvalue weighted by atomic mass is 16.5. The van der Waals surface area contributed by atoms with Gasteiger partial charge in [-0.2, -0.15) is 0 Å². The number of benzene rings is 2. The molecule has 0 heterocycles. The third-order valence-corrected chi connectivity index (χ3v) is 3.99. The highest BCUT2D eigenvalue weighted by molar-refractivity contribution is 6.00. The van der Waals surface area contributed by atoms with E-state index in [1.165, 1.54) is 0 Å². The van der Waals surface area contributed by atoms with Crippen molar-refractivity contribution in [2.45, 2.75) is 37.9 Å². The Kier molecular flexibility index (Phi) is 3.70. The first-order valence-corrected chi connectivity index (χ1v) is 7.11. The Balaban J connectivity index is 1.96. The lowest BCUT2D eigenvalue weighted by molar-refractivity contribution is 0.00666. The number of fused-ring (bicyclic) bond motifs is 1. The van der Waals surface area contributed by atoms with Crippen LogP contribution in [0.2, 0.25) is 0 Å². The van der Waals surface area contributed by atoms with Crippen LogP contribution in [0.1, 0.15) is 36.0 Å². The summed E-state index contributed by atoms with van der Waals surface area (Å²) in [7, 11) is 0. The summed E-state index contributed by atoms with van der Waals surface area (Å²) in [5.74, 6) is 0.574. The van der Waals surface area contributed by atoms with Gasteiger partial charge in [-0.3, -0.25) is 4.79 Å². The maximum absolute atomic E-state index is 11.4. The number of carbonyl (C=O) groups is 1. The van der Waals surface area contributed by atoms with Crippen molar-refractivity contribution in [3.63, 3.8) is 0 Å². The van der Waals surface area contributed by atoms with Crippen LogP contribution in [0.4, 0.5) is 0 Å². The first-order valence-electron chi connectivity index (χ1n) is 7.11. The molecular formula is C17H18O3. The number of rotatable bonds is 3. The molecule has 0 aliphatic heterocycles. The first-order chi connectivity index (χ1) is 9.79. The lowest BCUT2D eigenvalue weighted by atomic mass is 9.94. The van der Waals surface area contributed by atoms with E-state index in [9.17, 15) is 9.90 Å². The summed E-state index contributed by atoms with van der Waals surface area (Å²) in [5, 5.41) is 11.9. The van der Waals surface area contributed by atoms with Crippen LogP contribution in [0.3, 0.4) is 0 Å². The smallest absolute Gasteiger partial charge is 0.154 e. The van der Waals surface area contributed by atoms with Gasteiger partial charge in [-0.05, 0) is 36.1 Å². The molecule has 3 nitrogen and oxygen atoms in total. The zero-order chi connectivity index (χ0) is 13.9. The summed E-state index contributed by atoms with van der Waals surface area (Å²) in [6, 6.07) is 11.5. The quantitative estimate of drug-likeness (QED) is 0.870. The summed E-state index contributed by atoms with van der Waals surface area (Å²) < 4.78 is 5.92. The Bertz CT molecular complexity index is 621. The SMILES string of the molecule is O=Cc1c(OC2CCCCC2O)ccc2ccccc12. The molecule has 2 unspecified atom stereocenters. The number of ether oxygens (including phenoxy) is 1. The second-order valence-corrected chi connectivity index (χ2v) is 5.32. The standard InChI is InChI=1S/C17H18O3/c18-11-14-13-6-2-1-5-12(13)9-10-16(14)20-17-8-4-3-7-15(17)19/h1-2,5-6,9-11,15,17,19H,3-4,7-8H2. The lowest BCUT2D eigenvalue weighted by Gasteiger charge is -2.28. The van der Waals surface area contributed by atoms with Crippen LogP contribution in [0.25, 0.3) is 10.8 Å². The summed E-state index contributed by atoms with van der Waals surface area (Å²) in [4.78, 5) is 11.4. The molecule has 0 radical (unpaired) electrons. The minimum Gasteiger partial charge on any atom is -0.487 e. The largest absolute Gasteiger partial charge is 0.487 e. The van der Waals surface area contributed by atoms with Crippen molar-refractivity contribution in [1.82, 2.24) is 0 Å². The van der Waals surface area contributed by atoms with Crippen LogP contribution in [-0.2, 0) is 0 Å². The number of hydrogen-bond acceptors (Lipinski definition) is 3. The van der Waals surface area contributed by atoms with Crippen molar-refractivity contribution >= 4 is 17.1 Å². The average Bonchev–Trinajstić information content (AvgIpc) is 2.49. The molecule has 0 bridgehead atoms. The second-order valence-electron chi connectivity index (χ2n) is 5.32. The van der Waals surface area contributed by atoms with Crippen LogP contribution in [-0.4, -0.2) is 23.6 Å². The summed E-state index contributed by atoms with van der Waals surface area (Å²) in [6.07, 6.45) is 3.91. The number of aliphatic hydroxyl groups excluding tert-OH is 1. The second kappa shape index (κ2) is 5.63. The van der Waals surface area contributed by atoms with Crippen molar-refractivity contribution in [2.24, 2.45) is 0 Å². The van der Waals surface area contributed by atoms with Crippen LogP contribution in [0, 0.1) is 0 Å². The predicted octanol–water partition coefficient (Wildman–Crippen LogP) is 3.33. The summed E-state index contributed by atoms with van der Waals surface area (Å²) in [6.45, 7) is 0. The maximum Gasteiger partial charge on any atom is 0.154 e. The molecule has 2 atom stereocenters. The fraction of sp³-hybridized carbons (Fsp3) is 0.353. The molecule has 104 valence electrons. The summed E-state index contributed by atoms with van der Waals surface area (Å²) >= 11 is 0. The highest BCUT2D eigenvalue weighted by Crippen LogP contribution is 2.30. The molecule has 0 aromatic heterocycles. The van der Waals surface area contributed by atoms with E-state index in [2.05, 4.69) is 0 Å². The van der Waals surface area contributed by atoms with Crippen molar-refractivity contribution < 1.29 is 14.6 Å². The van der Waals surface area contributed by atoms with Crippen molar-refractivity contribution in [1.29, 1.82) is 0 Å². The predicted molar refractivity (Wildman–Crippen MR) is 78.2 cm³/mol. The van der Waals surface area contributed by atoms with E-state index in [4.69, 9.17) is 4.74 Å². The van der Waals surface area contributed by atoms with Crippen LogP contribution >= 0.6 is 0 Å². The number of aldehydes is 1. The Morgan fingerprint density at radius 3 is 2.70 bits per heavy atom. The topological polar surface area (TPSA) is 46.5 Å². The van der Waals surface area contributed by atoms with E-state index in [0.717, 1.165) is 42.7 Å². The minimum atomic E-state index is -0.435. The fourth-order valence-corrected chi connectivity index (χ4v) is 2.88. The molecule has 20 heavy (non-hydrogen) atoms. The third kappa shape index (κ3) is 2.41. The monoisotopic (exact) mass is 270 g/mol. The molecule has 1 fully saturated rings. The summed E-state index contributed by atoms with van der Waals surface area (Å²) in [5.41, 5.74) is 0.570. The first kappa shape index (κ1) is 13.1. The van der Waals surface area contributed by atoms with Crippen LogP contribution < -0.4 is 4.74 Å². The molecule has 1 aliphatic carbocycles. The molecule has 3 rings (SSSR count). The van der Waals surface area contributed by atoms with Crippen LogP contribution in [0.5, 0.6) is 5.75 Å². The van der Waals surface area contributed by atoms with E-state index < -0.39 is 6.10 Å². The van der Waals surface area contributed by atoms with Gasteiger partial charge in [0.2, 0.25) is 0 Å².